The van der Waals surface area contributed by atoms with E-state index in [1.807, 2.05) is 0 Å². The molecule has 82 valence electrons. The zero-order chi connectivity index (χ0) is 9.97. The third-order valence-corrected chi connectivity index (χ3v) is 3.40. The predicted molar refractivity (Wildman–Crippen MR) is 57.5 cm³/mol. The zero-order valence-electron chi connectivity index (χ0n) is 9.33. The average Bonchev–Trinajstić information content (AvgIpc) is 2.56. The van der Waals surface area contributed by atoms with Gasteiger partial charge in [-0.3, -0.25) is 4.90 Å². The van der Waals surface area contributed by atoms with E-state index < -0.39 is 0 Å². The summed E-state index contributed by atoms with van der Waals surface area (Å²) in [6.45, 7) is 9.04. The summed E-state index contributed by atoms with van der Waals surface area (Å²) in [5, 5.41) is 3.42. The van der Waals surface area contributed by atoms with Crippen LogP contribution in [0.2, 0.25) is 0 Å². The van der Waals surface area contributed by atoms with Gasteiger partial charge in [-0.25, -0.2) is 0 Å². The molecule has 14 heavy (non-hydrogen) atoms. The lowest BCUT2D eigenvalue weighted by atomic mass is 10.1. The van der Waals surface area contributed by atoms with E-state index in [2.05, 4.69) is 24.1 Å². The van der Waals surface area contributed by atoms with Crippen molar-refractivity contribution in [3.63, 3.8) is 0 Å². The van der Waals surface area contributed by atoms with Crippen molar-refractivity contribution in [2.24, 2.45) is 0 Å². The highest BCUT2D eigenvalue weighted by atomic mass is 16.5. The Balaban J connectivity index is 1.78. The molecule has 2 aliphatic heterocycles. The highest BCUT2D eigenvalue weighted by Crippen LogP contribution is 2.20. The molecular weight excluding hydrogens is 176 g/mol. The molecule has 0 aromatic rings. The van der Waals surface area contributed by atoms with Crippen LogP contribution in [-0.2, 0) is 4.74 Å². The summed E-state index contributed by atoms with van der Waals surface area (Å²) in [6, 6.07) is 0.670. The van der Waals surface area contributed by atoms with E-state index in [0.717, 1.165) is 19.6 Å². The number of hydrogen-bond donors (Lipinski definition) is 1. The number of ether oxygens (including phenoxy) is 1. The maximum absolute atomic E-state index is 5.85. The van der Waals surface area contributed by atoms with Crippen molar-refractivity contribution in [3.05, 3.63) is 0 Å². The van der Waals surface area contributed by atoms with Crippen LogP contribution in [0.1, 0.15) is 26.7 Å². The molecule has 0 amide bonds. The quantitative estimate of drug-likeness (QED) is 0.712. The molecule has 2 saturated heterocycles. The maximum atomic E-state index is 5.85. The van der Waals surface area contributed by atoms with E-state index in [1.165, 1.54) is 19.4 Å². The second-order valence-electron chi connectivity index (χ2n) is 4.69. The molecule has 3 unspecified atom stereocenters. The number of piperazine rings is 1. The first-order valence-electron chi connectivity index (χ1n) is 5.86. The van der Waals surface area contributed by atoms with Gasteiger partial charge in [-0.15, -0.1) is 0 Å². The first-order chi connectivity index (χ1) is 6.75. The van der Waals surface area contributed by atoms with Gasteiger partial charge < -0.3 is 10.1 Å². The Morgan fingerprint density at radius 2 is 2.21 bits per heavy atom. The normalized spacial score (nSPS) is 40.3. The fourth-order valence-electron chi connectivity index (χ4n) is 2.44. The first kappa shape index (κ1) is 10.4. The molecule has 2 heterocycles. The van der Waals surface area contributed by atoms with Crippen LogP contribution in [0.25, 0.3) is 0 Å². The molecule has 2 aliphatic rings. The summed E-state index contributed by atoms with van der Waals surface area (Å²) in [4.78, 5) is 2.55. The van der Waals surface area contributed by atoms with Crippen LogP contribution in [0.5, 0.6) is 0 Å². The summed E-state index contributed by atoms with van der Waals surface area (Å²) in [6.07, 6.45) is 3.46. The topological polar surface area (TPSA) is 24.5 Å². The lowest BCUT2D eigenvalue weighted by Gasteiger charge is -2.35. The van der Waals surface area contributed by atoms with Gasteiger partial charge in [0.15, 0.2) is 0 Å². The van der Waals surface area contributed by atoms with Gasteiger partial charge in [0, 0.05) is 32.2 Å². The Morgan fingerprint density at radius 3 is 2.86 bits per heavy atom. The van der Waals surface area contributed by atoms with Gasteiger partial charge in [-0.05, 0) is 26.7 Å². The summed E-state index contributed by atoms with van der Waals surface area (Å²) in [5.41, 5.74) is 0. The first-order valence-corrected chi connectivity index (χ1v) is 5.86. The maximum Gasteiger partial charge on any atom is 0.0706 e. The minimum absolute atomic E-state index is 0.484. The van der Waals surface area contributed by atoms with Crippen LogP contribution in [0.15, 0.2) is 0 Å². The highest BCUT2D eigenvalue weighted by Gasteiger charge is 2.26. The molecule has 2 rings (SSSR count). The Labute approximate surface area is 86.8 Å². The Bertz CT molecular complexity index is 186. The van der Waals surface area contributed by atoms with Crippen molar-refractivity contribution in [2.75, 3.05) is 26.2 Å². The molecule has 0 aromatic carbocycles. The van der Waals surface area contributed by atoms with Crippen molar-refractivity contribution < 1.29 is 4.74 Å². The molecule has 0 aliphatic carbocycles. The van der Waals surface area contributed by atoms with Crippen LogP contribution < -0.4 is 5.32 Å². The average molecular weight is 198 g/mol. The number of nitrogens with one attached hydrogen (secondary N) is 1. The fraction of sp³-hybridized carbons (Fsp3) is 1.00. The number of nitrogens with zero attached hydrogens (tertiary/aromatic N) is 1. The van der Waals surface area contributed by atoms with Crippen LogP contribution in [0.4, 0.5) is 0 Å². The summed E-state index contributed by atoms with van der Waals surface area (Å²) in [5.74, 6) is 0. The van der Waals surface area contributed by atoms with Gasteiger partial charge in [0.2, 0.25) is 0 Å². The molecule has 0 radical (unpaired) electrons. The van der Waals surface area contributed by atoms with Gasteiger partial charge >= 0.3 is 0 Å². The lowest BCUT2D eigenvalue weighted by Crippen LogP contribution is -2.51. The molecule has 3 atom stereocenters. The van der Waals surface area contributed by atoms with Crippen molar-refractivity contribution in [1.82, 2.24) is 10.2 Å². The Kier molecular flexibility index (Phi) is 3.42. The van der Waals surface area contributed by atoms with E-state index >= 15 is 0 Å². The summed E-state index contributed by atoms with van der Waals surface area (Å²) < 4.78 is 5.85. The second-order valence-corrected chi connectivity index (χ2v) is 4.69. The largest absolute Gasteiger partial charge is 0.374 e. The molecular formula is C11H22N2O. The molecule has 0 bridgehead atoms. The van der Waals surface area contributed by atoms with Crippen molar-refractivity contribution >= 4 is 0 Å². The molecule has 0 aromatic heterocycles. The van der Waals surface area contributed by atoms with E-state index in [9.17, 15) is 0 Å². The zero-order valence-corrected chi connectivity index (χ0v) is 9.33. The van der Waals surface area contributed by atoms with Crippen LogP contribution in [-0.4, -0.2) is 49.3 Å². The fourth-order valence-corrected chi connectivity index (χ4v) is 2.44. The Morgan fingerprint density at radius 1 is 1.36 bits per heavy atom. The molecule has 2 fully saturated rings. The summed E-state index contributed by atoms with van der Waals surface area (Å²) >= 11 is 0. The number of rotatable bonds is 2. The molecule has 3 nitrogen and oxygen atoms in total. The highest BCUT2D eigenvalue weighted by molar-refractivity contribution is 4.81. The molecule has 1 N–H and O–H groups in total. The minimum atomic E-state index is 0.484. The van der Waals surface area contributed by atoms with Gasteiger partial charge in [0.05, 0.1) is 12.2 Å². The van der Waals surface area contributed by atoms with Gasteiger partial charge in [0.25, 0.3) is 0 Å². The van der Waals surface area contributed by atoms with E-state index in [4.69, 9.17) is 4.74 Å². The van der Waals surface area contributed by atoms with Crippen LogP contribution in [0.3, 0.4) is 0 Å². The van der Waals surface area contributed by atoms with Crippen LogP contribution in [0, 0.1) is 0 Å². The Hall–Kier alpha value is -0.120. The van der Waals surface area contributed by atoms with Gasteiger partial charge in [0.1, 0.15) is 0 Å². The minimum Gasteiger partial charge on any atom is -0.374 e. The van der Waals surface area contributed by atoms with E-state index in [0.29, 0.717) is 18.2 Å². The molecule has 3 heteroatoms. The van der Waals surface area contributed by atoms with Gasteiger partial charge in [-0.1, -0.05) is 0 Å². The summed E-state index contributed by atoms with van der Waals surface area (Å²) in [7, 11) is 0. The smallest absolute Gasteiger partial charge is 0.0706 e. The lowest BCUT2D eigenvalue weighted by molar-refractivity contribution is 0.0188. The van der Waals surface area contributed by atoms with Crippen LogP contribution >= 0.6 is 0 Å². The SMILES string of the molecule is CC1CCC(CN2CCNCC2C)O1. The van der Waals surface area contributed by atoms with Crippen molar-refractivity contribution in [3.8, 4) is 0 Å². The number of hydrogen-bond acceptors (Lipinski definition) is 3. The van der Waals surface area contributed by atoms with Crippen molar-refractivity contribution in [1.29, 1.82) is 0 Å². The monoisotopic (exact) mass is 198 g/mol. The molecule has 0 saturated carbocycles. The molecule has 0 spiro atoms. The van der Waals surface area contributed by atoms with Gasteiger partial charge in [-0.2, -0.15) is 0 Å². The predicted octanol–water partition coefficient (Wildman–Crippen LogP) is 0.848. The standard InChI is InChI=1S/C11H22N2O/c1-9-7-12-5-6-13(9)8-11-4-3-10(2)14-11/h9-12H,3-8H2,1-2H3. The van der Waals surface area contributed by atoms with Crippen molar-refractivity contribution in [2.45, 2.75) is 44.9 Å². The van der Waals surface area contributed by atoms with E-state index in [1.54, 1.807) is 0 Å². The third-order valence-electron chi connectivity index (χ3n) is 3.40. The second kappa shape index (κ2) is 4.60. The third kappa shape index (κ3) is 2.47. The van der Waals surface area contributed by atoms with E-state index in [-0.39, 0.29) is 0 Å².